The van der Waals surface area contributed by atoms with Crippen molar-refractivity contribution in [1.29, 1.82) is 0 Å². The maximum atomic E-state index is 12.0. The molecule has 11 nitrogen and oxygen atoms in total. The van der Waals surface area contributed by atoms with Crippen LogP contribution in [0.15, 0.2) is 29.6 Å². The fraction of sp³-hybridized carbons (Fsp3) is 0.231. The van der Waals surface area contributed by atoms with Crippen molar-refractivity contribution in [3.63, 3.8) is 0 Å². The van der Waals surface area contributed by atoms with Gasteiger partial charge in [-0.15, -0.1) is 0 Å². The molecule has 0 unspecified atom stereocenters. The molecule has 1 aliphatic heterocycles. The van der Waals surface area contributed by atoms with Crippen molar-refractivity contribution >= 4 is 18.1 Å². The van der Waals surface area contributed by atoms with Gasteiger partial charge in [0, 0.05) is 12.1 Å². The Morgan fingerprint density at radius 3 is 3.04 bits per heavy atom. The molecule has 0 aliphatic carbocycles. The highest BCUT2D eigenvalue weighted by atomic mass is 16.7. The lowest BCUT2D eigenvalue weighted by atomic mass is 10.2. The third kappa shape index (κ3) is 3.29. The average Bonchev–Trinajstić information content (AvgIpc) is 3.20. The van der Waals surface area contributed by atoms with E-state index < -0.39 is 16.8 Å². The molecule has 1 amide bonds. The quantitative estimate of drug-likeness (QED) is 0.441. The van der Waals surface area contributed by atoms with Crippen molar-refractivity contribution in [3.05, 3.63) is 40.2 Å². The molecular weight excluding hydrogens is 320 g/mol. The van der Waals surface area contributed by atoms with Gasteiger partial charge in [-0.2, -0.15) is 9.78 Å². The fourth-order valence-corrected chi connectivity index (χ4v) is 1.90. The van der Waals surface area contributed by atoms with E-state index in [1.807, 2.05) is 0 Å². The van der Waals surface area contributed by atoms with E-state index in [9.17, 15) is 14.9 Å². The van der Waals surface area contributed by atoms with Gasteiger partial charge in [0.2, 0.25) is 13.1 Å². The second-order valence-electron chi connectivity index (χ2n) is 4.77. The molecule has 0 radical (unpaired) electrons. The first-order valence-corrected chi connectivity index (χ1v) is 6.77. The predicted octanol–water partition coefficient (Wildman–Crippen LogP) is 0.407. The fourth-order valence-electron chi connectivity index (χ4n) is 1.90. The van der Waals surface area contributed by atoms with Crippen LogP contribution in [0.5, 0.6) is 11.5 Å². The molecule has 0 fully saturated rings. The first-order valence-electron chi connectivity index (χ1n) is 6.77. The number of hydrogen-bond acceptors (Lipinski definition) is 8. The van der Waals surface area contributed by atoms with Gasteiger partial charge in [-0.05, 0) is 28.7 Å². The van der Waals surface area contributed by atoms with Gasteiger partial charge >= 0.3 is 5.95 Å². The van der Waals surface area contributed by atoms with E-state index in [0.717, 1.165) is 21.6 Å². The number of likely N-dealkylation sites (N-methyl/N-ethyl adjacent to an activating group) is 1. The highest BCUT2D eigenvalue weighted by Crippen LogP contribution is 2.31. The predicted molar refractivity (Wildman–Crippen MR) is 79.6 cm³/mol. The zero-order valence-corrected chi connectivity index (χ0v) is 12.5. The Morgan fingerprint density at radius 2 is 2.29 bits per heavy atom. The number of carbonyl (C=O) groups excluding carboxylic acids is 1. The van der Waals surface area contributed by atoms with Gasteiger partial charge in [0.1, 0.15) is 6.54 Å². The number of ether oxygens (including phenoxy) is 2. The number of hydrazone groups is 1. The van der Waals surface area contributed by atoms with Crippen molar-refractivity contribution in [1.82, 2.24) is 19.8 Å². The first-order chi connectivity index (χ1) is 11.5. The molecule has 1 aromatic heterocycles. The maximum absolute atomic E-state index is 12.0. The third-order valence-corrected chi connectivity index (χ3v) is 3.12. The monoisotopic (exact) mass is 332 g/mol. The summed E-state index contributed by atoms with van der Waals surface area (Å²) in [4.78, 5) is 25.3. The Hall–Kier alpha value is -3.50. The molecule has 124 valence electrons. The molecule has 0 N–H and O–H groups in total. The minimum absolute atomic E-state index is 0.179. The summed E-state index contributed by atoms with van der Waals surface area (Å²) in [7, 11) is 1.47. The van der Waals surface area contributed by atoms with E-state index in [-0.39, 0.29) is 13.3 Å². The van der Waals surface area contributed by atoms with Crippen molar-refractivity contribution in [2.24, 2.45) is 5.10 Å². The van der Waals surface area contributed by atoms with Crippen molar-refractivity contribution in [2.75, 3.05) is 13.8 Å². The number of rotatable bonds is 5. The molecular formula is C13H12N6O5. The van der Waals surface area contributed by atoms with Crippen LogP contribution in [0, 0.1) is 10.1 Å². The van der Waals surface area contributed by atoms with Crippen LogP contribution in [-0.2, 0) is 11.3 Å². The highest BCUT2D eigenvalue weighted by Gasteiger charge is 2.17. The topological polar surface area (TPSA) is 125 Å². The number of nitro groups is 1. The van der Waals surface area contributed by atoms with Crippen LogP contribution in [0.3, 0.4) is 0 Å². The lowest BCUT2D eigenvalue weighted by Gasteiger charge is -2.09. The van der Waals surface area contributed by atoms with Gasteiger partial charge < -0.3 is 19.6 Å². The minimum Gasteiger partial charge on any atom is -0.454 e. The summed E-state index contributed by atoms with van der Waals surface area (Å²) < 4.78 is 11.5. The molecule has 1 aromatic carbocycles. The van der Waals surface area contributed by atoms with Crippen molar-refractivity contribution in [3.8, 4) is 11.5 Å². The van der Waals surface area contributed by atoms with E-state index in [1.54, 1.807) is 18.2 Å². The lowest BCUT2D eigenvalue weighted by Crippen LogP contribution is -2.26. The van der Waals surface area contributed by atoms with Gasteiger partial charge in [0.05, 0.1) is 6.21 Å². The van der Waals surface area contributed by atoms with E-state index in [2.05, 4.69) is 15.2 Å². The summed E-state index contributed by atoms with van der Waals surface area (Å²) in [5.41, 5.74) is 0.732. The van der Waals surface area contributed by atoms with Gasteiger partial charge in [-0.1, -0.05) is 4.98 Å². The van der Waals surface area contributed by atoms with E-state index in [1.165, 1.54) is 13.3 Å². The standard InChI is InChI=1S/C13H12N6O5/c1-17(12(20)6-18-7-14-13(16-18)19(21)22)15-5-9-2-3-10-11(4-9)24-8-23-10/h2-5,7H,6,8H2,1H3/b15-5-. The molecule has 2 aromatic rings. The smallest absolute Gasteiger partial charge is 0.454 e. The average molecular weight is 332 g/mol. The Balaban J connectivity index is 1.62. The molecule has 24 heavy (non-hydrogen) atoms. The Labute approximate surface area is 135 Å². The van der Waals surface area contributed by atoms with Crippen LogP contribution in [-0.4, -0.2) is 50.7 Å². The molecule has 11 heteroatoms. The van der Waals surface area contributed by atoms with Crippen molar-refractivity contribution in [2.45, 2.75) is 6.54 Å². The summed E-state index contributed by atoms with van der Waals surface area (Å²) in [6.45, 7) is -0.0336. The number of amides is 1. The van der Waals surface area contributed by atoms with Gasteiger partial charge in [-0.25, -0.2) is 5.01 Å². The second-order valence-corrected chi connectivity index (χ2v) is 4.77. The highest BCUT2D eigenvalue weighted by molar-refractivity contribution is 5.83. The molecule has 0 atom stereocenters. The first kappa shape index (κ1) is 15.4. The van der Waals surface area contributed by atoms with Crippen LogP contribution in [0.2, 0.25) is 0 Å². The number of hydrogen-bond donors (Lipinski definition) is 0. The zero-order valence-electron chi connectivity index (χ0n) is 12.5. The van der Waals surface area contributed by atoms with Crippen LogP contribution < -0.4 is 9.47 Å². The van der Waals surface area contributed by atoms with E-state index >= 15 is 0 Å². The third-order valence-electron chi connectivity index (χ3n) is 3.12. The van der Waals surface area contributed by atoms with Crippen LogP contribution in [0.1, 0.15) is 5.56 Å². The van der Waals surface area contributed by atoms with Gasteiger partial charge in [0.25, 0.3) is 5.91 Å². The van der Waals surface area contributed by atoms with E-state index in [0.29, 0.717) is 11.5 Å². The molecule has 2 heterocycles. The SMILES string of the molecule is CN(/N=C\c1ccc2c(c1)OCO2)C(=O)Cn1cnc([N+](=O)[O-])n1. The van der Waals surface area contributed by atoms with E-state index in [4.69, 9.17) is 9.47 Å². The molecule has 3 rings (SSSR count). The number of aromatic nitrogens is 3. The van der Waals surface area contributed by atoms with Gasteiger partial charge in [0.15, 0.2) is 11.5 Å². The molecule has 1 aliphatic rings. The number of fused-ring (bicyclic) bond motifs is 1. The Bertz CT molecular complexity index is 817. The molecule has 0 saturated carbocycles. The summed E-state index contributed by atoms with van der Waals surface area (Å²) in [5.74, 6) is 0.299. The molecule has 0 bridgehead atoms. The summed E-state index contributed by atoms with van der Waals surface area (Å²) in [6, 6.07) is 5.26. The Kier molecular flexibility index (Phi) is 4.05. The summed E-state index contributed by atoms with van der Waals surface area (Å²) in [5, 5.41) is 19.2. The summed E-state index contributed by atoms with van der Waals surface area (Å²) >= 11 is 0. The molecule has 0 saturated heterocycles. The second kappa shape index (κ2) is 6.32. The summed E-state index contributed by atoms with van der Waals surface area (Å²) in [6.07, 6.45) is 2.61. The van der Waals surface area contributed by atoms with Gasteiger partial charge in [-0.3, -0.25) is 4.79 Å². The molecule has 0 spiro atoms. The number of carbonyl (C=O) groups is 1. The zero-order chi connectivity index (χ0) is 17.1. The van der Waals surface area contributed by atoms with Crippen LogP contribution in [0.4, 0.5) is 5.95 Å². The number of nitrogens with zero attached hydrogens (tertiary/aromatic N) is 6. The maximum Gasteiger partial charge on any atom is 0.490 e. The lowest BCUT2D eigenvalue weighted by molar-refractivity contribution is -0.394. The Morgan fingerprint density at radius 1 is 1.50 bits per heavy atom. The van der Waals surface area contributed by atoms with Crippen molar-refractivity contribution < 1.29 is 19.2 Å². The largest absolute Gasteiger partial charge is 0.490 e. The van der Waals surface area contributed by atoms with Crippen LogP contribution >= 0.6 is 0 Å². The minimum atomic E-state index is -0.734. The number of benzene rings is 1. The normalized spacial score (nSPS) is 12.5. The van der Waals surface area contributed by atoms with Crippen LogP contribution in [0.25, 0.3) is 0 Å².